The molecule has 8 heteroatoms. The zero-order valence-corrected chi connectivity index (χ0v) is 29.3. The molecule has 1 N–H and O–H groups in total. The van der Waals surface area contributed by atoms with Crippen molar-refractivity contribution in [1.29, 1.82) is 0 Å². The Morgan fingerprint density at radius 2 is 1.22 bits per heavy atom. The molecule has 0 aromatic carbocycles. The summed E-state index contributed by atoms with van der Waals surface area (Å²) in [6, 6.07) is 0. The van der Waals surface area contributed by atoms with E-state index in [-0.39, 0.29) is 12.0 Å². The van der Waals surface area contributed by atoms with E-state index in [1.165, 1.54) is 103 Å². The molecule has 6 nitrogen and oxygen atoms in total. The van der Waals surface area contributed by atoms with Crippen LogP contribution in [0.1, 0.15) is 170 Å². The largest absolute Gasteiger partial charge is 0.460 e. The van der Waals surface area contributed by atoms with E-state index in [9.17, 15) is 14.5 Å². The van der Waals surface area contributed by atoms with E-state index in [0.29, 0.717) is 12.3 Å². The number of carbonyl (C=O) groups is 1. The van der Waals surface area contributed by atoms with Gasteiger partial charge in [0.1, 0.15) is 5.44 Å². The van der Waals surface area contributed by atoms with Gasteiger partial charge in [0, 0.05) is 0 Å². The topological polar surface area (TPSA) is 82.1 Å². The third kappa shape index (κ3) is 22.9. The second-order valence-electron chi connectivity index (χ2n) is 13.0. The summed E-state index contributed by atoms with van der Waals surface area (Å²) in [6.07, 6.45) is 23.5. The molecule has 0 aliphatic rings. The van der Waals surface area contributed by atoms with E-state index < -0.39 is 31.7 Å². The number of hydrogen-bond acceptors (Lipinski definition) is 7. The predicted octanol–water partition coefficient (Wildman–Crippen LogP) is 10.6. The van der Waals surface area contributed by atoms with Crippen molar-refractivity contribution in [2.24, 2.45) is 11.3 Å². The second kappa shape index (κ2) is 25.2. The van der Waals surface area contributed by atoms with Gasteiger partial charge in [0.25, 0.3) is 0 Å². The van der Waals surface area contributed by atoms with Crippen LogP contribution in [-0.2, 0) is 23.6 Å². The molecule has 0 aliphatic heterocycles. The third-order valence-electron chi connectivity index (χ3n) is 7.43. The van der Waals surface area contributed by atoms with Gasteiger partial charge in [-0.1, -0.05) is 157 Å². The molecule has 0 aromatic heterocycles. The minimum atomic E-state index is -2.60. The van der Waals surface area contributed by atoms with Crippen LogP contribution in [0.25, 0.3) is 0 Å². The molecule has 0 spiro atoms. The van der Waals surface area contributed by atoms with Gasteiger partial charge in [0.05, 0.1) is 6.61 Å². The molecule has 0 rings (SSSR count). The maximum absolute atomic E-state index is 12.5. The van der Waals surface area contributed by atoms with E-state index in [0.717, 1.165) is 19.3 Å². The minimum Gasteiger partial charge on any atom is -0.460 e. The average Bonchev–Trinajstić information content (AvgIpc) is 2.93. The summed E-state index contributed by atoms with van der Waals surface area (Å²) in [5, 5.41) is 10.6. The fraction of sp³-hybridized carbons (Fsp3) is 0.970. The van der Waals surface area contributed by atoms with Gasteiger partial charge in [-0.15, -0.1) is 12.6 Å². The maximum Gasteiger partial charge on any atom is 0.379 e. The molecule has 0 amide bonds. The van der Waals surface area contributed by atoms with E-state index in [1.54, 1.807) is 0 Å². The van der Waals surface area contributed by atoms with Gasteiger partial charge in [0.2, 0.25) is 8.46 Å². The van der Waals surface area contributed by atoms with Crippen molar-refractivity contribution in [2.75, 3.05) is 6.61 Å². The Morgan fingerprint density at radius 1 is 0.780 bits per heavy atom. The van der Waals surface area contributed by atoms with E-state index >= 15 is 0 Å². The minimum absolute atomic E-state index is 0.0684. The summed E-state index contributed by atoms with van der Waals surface area (Å²) in [5.74, 6) is -0.577. The predicted molar refractivity (Wildman–Crippen MR) is 175 cm³/mol. The Balaban J connectivity index is 4.80. The van der Waals surface area contributed by atoms with Crippen LogP contribution < -0.4 is 0 Å². The van der Waals surface area contributed by atoms with Crippen molar-refractivity contribution in [3.05, 3.63) is 0 Å². The highest BCUT2D eigenvalue weighted by molar-refractivity contribution is 7.80. The first-order chi connectivity index (χ1) is 19.5. The number of ether oxygens (including phenoxy) is 3. The molecule has 0 aromatic rings. The van der Waals surface area contributed by atoms with Gasteiger partial charge in [-0.05, 0) is 24.2 Å². The average molecular weight is 621 g/mol. The highest BCUT2D eigenvalue weighted by atomic mass is 32.1. The van der Waals surface area contributed by atoms with Gasteiger partial charge in [-0.25, -0.2) is 4.79 Å². The number of carbonyl (C=O) groups excluding carboxylic acids is 1. The van der Waals surface area contributed by atoms with Crippen molar-refractivity contribution in [1.82, 2.24) is 0 Å². The lowest BCUT2D eigenvalue weighted by atomic mass is 9.91. The lowest BCUT2D eigenvalue weighted by Crippen LogP contribution is -2.42. The fourth-order valence-electron chi connectivity index (χ4n) is 4.90. The van der Waals surface area contributed by atoms with E-state index in [2.05, 4.69) is 13.8 Å². The first-order valence-corrected chi connectivity index (χ1v) is 18.1. The molecule has 0 radical (unpaired) electrons. The first kappa shape index (κ1) is 40.8. The molecule has 4 unspecified atom stereocenters. The Labute approximate surface area is 260 Å². The second-order valence-corrected chi connectivity index (χ2v) is 14.4. The molecular weight excluding hydrogens is 555 g/mol. The van der Waals surface area contributed by atoms with Crippen LogP contribution in [0.2, 0.25) is 0 Å². The van der Waals surface area contributed by atoms with Gasteiger partial charge in [-0.3, -0.25) is 4.57 Å². The molecule has 244 valence electrons. The molecule has 0 bridgehead atoms. The summed E-state index contributed by atoms with van der Waals surface area (Å²) in [6.45, 7) is 12.1. The van der Waals surface area contributed by atoms with Crippen molar-refractivity contribution in [2.45, 2.75) is 187 Å². The van der Waals surface area contributed by atoms with Crippen LogP contribution in [0.4, 0.5) is 0 Å². The zero-order chi connectivity index (χ0) is 31.0. The molecule has 41 heavy (non-hydrogen) atoms. The van der Waals surface area contributed by atoms with Gasteiger partial charge in [-0.2, -0.15) is 0 Å². The van der Waals surface area contributed by atoms with Crippen LogP contribution in [0.15, 0.2) is 0 Å². The Bertz CT molecular complexity index is 644. The maximum atomic E-state index is 12.5. The number of rotatable bonds is 28. The van der Waals surface area contributed by atoms with Gasteiger partial charge in [0.15, 0.2) is 6.29 Å². The quantitative estimate of drug-likeness (QED) is 0.0298. The first-order valence-electron chi connectivity index (χ1n) is 16.8. The summed E-state index contributed by atoms with van der Waals surface area (Å²) < 4.78 is 28.4. The molecule has 0 aliphatic carbocycles. The number of hydrogen-bond donors (Lipinski definition) is 2. The standard InChI is InChI=1S/C33H65O6PS/c1-7-10-12-14-16-17-18-19-21-23-25-28(24-22-20-15-13-11-8-2)26-30(41)38-29(9-3)39-33(35,40-36)31(34)37-27-32(4,5)6/h28-30,35,41H,7-27H2,1-6H3. The highest BCUT2D eigenvalue weighted by Crippen LogP contribution is 2.30. The van der Waals surface area contributed by atoms with Crippen molar-refractivity contribution >= 4 is 27.1 Å². The van der Waals surface area contributed by atoms with Crippen molar-refractivity contribution < 1.29 is 28.7 Å². The summed E-state index contributed by atoms with van der Waals surface area (Å²) in [4.78, 5) is 12.5. The third-order valence-corrected chi connectivity index (χ3v) is 8.30. The van der Waals surface area contributed by atoms with Crippen LogP contribution in [0.3, 0.4) is 0 Å². The SMILES string of the molecule is CCCCCCCCCCCCC(CCCCCCCC)CC(S)OC(CC)OC(O)(P=O)C(=O)OCC(C)(C)C. The number of thiol groups is 1. The lowest BCUT2D eigenvalue weighted by molar-refractivity contribution is -0.259. The monoisotopic (exact) mass is 620 g/mol. The number of aliphatic hydroxyl groups is 1. The van der Waals surface area contributed by atoms with E-state index in [4.69, 9.17) is 26.8 Å². The summed E-state index contributed by atoms with van der Waals surface area (Å²) in [5.41, 5.74) is -3.31. The molecule has 0 heterocycles. The summed E-state index contributed by atoms with van der Waals surface area (Å²) >= 11 is 4.71. The Hall–Kier alpha value is -0.200. The Morgan fingerprint density at radius 3 is 1.61 bits per heavy atom. The van der Waals surface area contributed by atoms with Crippen molar-refractivity contribution in [3.8, 4) is 0 Å². The highest BCUT2D eigenvalue weighted by Gasteiger charge is 2.44. The number of unbranched alkanes of at least 4 members (excludes halogenated alkanes) is 14. The Kier molecular flexibility index (Phi) is 25.0. The molecule has 4 atom stereocenters. The molecule has 0 saturated heterocycles. The lowest BCUT2D eigenvalue weighted by Gasteiger charge is -2.29. The van der Waals surface area contributed by atoms with Gasteiger partial charge < -0.3 is 19.3 Å². The fourth-order valence-corrected chi connectivity index (χ4v) is 5.64. The summed E-state index contributed by atoms with van der Waals surface area (Å²) in [7, 11) is -0.886. The zero-order valence-electron chi connectivity index (χ0n) is 27.5. The van der Waals surface area contributed by atoms with Gasteiger partial charge >= 0.3 is 11.5 Å². The van der Waals surface area contributed by atoms with Crippen LogP contribution >= 0.6 is 21.1 Å². The van der Waals surface area contributed by atoms with Crippen LogP contribution in [-0.4, -0.2) is 34.9 Å². The number of esters is 1. The molecule has 0 fully saturated rings. The van der Waals surface area contributed by atoms with Crippen LogP contribution in [0.5, 0.6) is 0 Å². The smallest absolute Gasteiger partial charge is 0.379 e. The molecule has 0 saturated carbocycles. The van der Waals surface area contributed by atoms with E-state index in [1.807, 2.05) is 27.7 Å². The molecular formula is C33H65O6PS. The van der Waals surface area contributed by atoms with Crippen LogP contribution in [0, 0.1) is 11.3 Å². The van der Waals surface area contributed by atoms with Crippen molar-refractivity contribution in [3.63, 3.8) is 0 Å². The normalized spacial score (nSPS) is 15.9.